The molecular weight excluding hydrogens is 216 g/mol. The summed E-state index contributed by atoms with van der Waals surface area (Å²) in [7, 11) is 0. The van der Waals surface area contributed by atoms with Crippen LogP contribution in [0.25, 0.3) is 6.08 Å². The summed E-state index contributed by atoms with van der Waals surface area (Å²) in [5.74, 6) is 0. The fourth-order valence-corrected chi connectivity index (χ4v) is 2.96. The zero-order valence-corrected chi connectivity index (χ0v) is 9.48. The molecule has 1 saturated heterocycles. The number of nitro groups is 1. The number of nitrogens with zero attached hydrogens (tertiary/aromatic N) is 1. The number of nitrogens with one attached hydrogen (secondary N) is 1. The first-order valence-corrected chi connectivity index (χ1v) is 5.91. The van der Waals surface area contributed by atoms with Gasteiger partial charge in [0.05, 0.1) is 10.5 Å². The molecule has 1 fully saturated rings. The summed E-state index contributed by atoms with van der Waals surface area (Å²) in [6.45, 7) is 1.96. The van der Waals surface area contributed by atoms with Crippen molar-refractivity contribution in [2.75, 3.05) is 13.1 Å². The van der Waals surface area contributed by atoms with Crippen LogP contribution in [0.1, 0.15) is 24.0 Å². The minimum absolute atomic E-state index is 0.0343. The van der Waals surface area contributed by atoms with Crippen molar-refractivity contribution in [1.29, 1.82) is 0 Å². The molecule has 88 valence electrons. The average molecular weight is 230 g/mol. The maximum absolute atomic E-state index is 11.0. The van der Waals surface area contributed by atoms with Crippen LogP contribution in [0.4, 0.5) is 5.69 Å². The summed E-state index contributed by atoms with van der Waals surface area (Å²) in [6, 6.07) is 5.42. The molecule has 0 amide bonds. The van der Waals surface area contributed by atoms with Gasteiger partial charge in [0.25, 0.3) is 5.69 Å². The van der Waals surface area contributed by atoms with Crippen LogP contribution in [0, 0.1) is 10.1 Å². The average Bonchev–Trinajstić information content (AvgIpc) is 2.69. The third-order valence-corrected chi connectivity index (χ3v) is 3.88. The number of hydrogen-bond acceptors (Lipinski definition) is 3. The minimum Gasteiger partial charge on any atom is -0.317 e. The number of nitro benzene ring substituents is 1. The van der Waals surface area contributed by atoms with Gasteiger partial charge in [-0.15, -0.1) is 0 Å². The zero-order chi connectivity index (χ0) is 11.9. The molecule has 1 aromatic carbocycles. The van der Waals surface area contributed by atoms with Crippen LogP contribution >= 0.6 is 0 Å². The summed E-state index contributed by atoms with van der Waals surface area (Å²) in [4.78, 5) is 10.7. The highest BCUT2D eigenvalue weighted by atomic mass is 16.6. The Balaban J connectivity index is 2.12. The number of benzene rings is 1. The highest BCUT2D eigenvalue weighted by Gasteiger charge is 2.38. The molecule has 1 spiro atoms. The summed E-state index contributed by atoms with van der Waals surface area (Å²) in [6.07, 6.45) is 6.14. The number of fused-ring (bicyclic) bond motifs is 2. The van der Waals surface area contributed by atoms with Gasteiger partial charge < -0.3 is 5.32 Å². The second-order valence-corrected chi connectivity index (χ2v) is 4.73. The second-order valence-electron chi connectivity index (χ2n) is 4.73. The maximum atomic E-state index is 11.0. The van der Waals surface area contributed by atoms with E-state index < -0.39 is 0 Å². The molecule has 1 heterocycles. The third kappa shape index (κ3) is 1.48. The van der Waals surface area contributed by atoms with Gasteiger partial charge in [-0.2, -0.15) is 0 Å². The van der Waals surface area contributed by atoms with Crippen molar-refractivity contribution >= 4 is 11.8 Å². The number of piperidine rings is 1. The summed E-state index contributed by atoms with van der Waals surface area (Å²) < 4.78 is 0. The lowest BCUT2D eigenvalue weighted by atomic mass is 9.75. The van der Waals surface area contributed by atoms with E-state index in [1.54, 1.807) is 12.1 Å². The van der Waals surface area contributed by atoms with Gasteiger partial charge in [0.15, 0.2) is 0 Å². The fraction of sp³-hybridized carbons (Fsp3) is 0.385. The molecule has 2 aliphatic rings. The molecule has 1 aliphatic heterocycles. The van der Waals surface area contributed by atoms with E-state index in [0.29, 0.717) is 0 Å². The molecule has 4 heteroatoms. The molecule has 0 bridgehead atoms. The molecule has 0 aromatic heterocycles. The Kier molecular flexibility index (Phi) is 2.26. The molecule has 0 radical (unpaired) electrons. The zero-order valence-electron chi connectivity index (χ0n) is 9.48. The summed E-state index contributed by atoms with van der Waals surface area (Å²) in [5, 5.41) is 14.3. The Bertz CT molecular complexity index is 502. The SMILES string of the molecule is O=[N+]([O-])c1cccc2c1C=CC21CCNCC1. The predicted molar refractivity (Wildman–Crippen MR) is 65.9 cm³/mol. The van der Waals surface area contributed by atoms with Crippen LogP contribution in [0.5, 0.6) is 0 Å². The lowest BCUT2D eigenvalue weighted by Gasteiger charge is -2.33. The molecule has 0 atom stereocenters. The van der Waals surface area contributed by atoms with Gasteiger partial charge in [0.2, 0.25) is 0 Å². The second kappa shape index (κ2) is 3.67. The van der Waals surface area contributed by atoms with Crippen molar-refractivity contribution in [1.82, 2.24) is 5.32 Å². The van der Waals surface area contributed by atoms with Gasteiger partial charge in [-0.1, -0.05) is 24.3 Å². The number of rotatable bonds is 1. The van der Waals surface area contributed by atoms with Gasteiger partial charge in [0.1, 0.15) is 0 Å². The van der Waals surface area contributed by atoms with Crippen LogP contribution in [0.3, 0.4) is 0 Å². The molecule has 0 saturated carbocycles. The Morgan fingerprint density at radius 2 is 2.06 bits per heavy atom. The van der Waals surface area contributed by atoms with E-state index in [9.17, 15) is 10.1 Å². The first-order chi connectivity index (χ1) is 8.23. The molecular formula is C13H14N2O2. The first kappa shape index (κ1) is 10.5. The summed E-state index contributed by atoms with van der Waals surface area (Å²) in [5.41, 5.74) is 2.20. The van der Waals surface area contributed by atoms with E-state index in [-0.39, 0.29) is 16.0 Å². The van der Waals surface area contributed by atoms with Crippen molar-refractivity contribution in [3.8, 4) is 0 Å². The normalized spacial score (nSPS) is 20.5. The Hall–Kier alpha value is -1.68. The van der Waals surface area contributed by atoms with Crippen LogP contribution in [0.15, 0.2) is 24.3 Å². The first-order valence-electron chi connectivity index (χ1n) is 5.91. The topological polar surface area (TPSA) is 55.2 Å². The summed E-state index contributed by atoms with van der Waals surface area (Å²) >= 11 is 0. The van der Waals surface area contributed by atoms with E-state index in [4.69, 9.17) is 0 Å². The standard InChI is InChI=1S/C13H14N2O2/c16-15(17)12-3-1-2-11-10(12)4-5-13(11)6-8-14-9-7-13/h1-5,14H,6-9H2. The van der Waals surface area contributed by atoms with Crippen LogP contribution in [-0.2, 0) is 5.41 Å². The molecule has 1 aromatic rings. The monoisotopic (exact) mass is 230 g/mol. The minimum atomic E-state index is -0.288. The van der Waals surface area contributed by atoms with E-state index in [0.717, 1.165) is 37.1 Å². The van der Waals surface area contributed by atoms with Crippen molar-refractivity contribution in [3.05, 3.63) is 45.5 Å². The number of allylic oxidation sites excluding steroid dienone is 1. The van der Waals surface area contributed by atoms with Gasteiger partial charge in [0, 0.05) is 11.5 Å². The van der Waals surface area contributed by atoms with Crippen molar-refractivity contribution < 1.29 is 4.92 Å². The molecule has 4 nitrogen and oxygen atoms in total. The van der Waals surface area contributed by atoms with Gasteiger partial charge in [-0.3, -0.25) is 10.1 Å². The Morgan fingerprint density at radius 1 is 1.29 bits per heavy atom. The molecule has 3 rings (SSSR count). The smallest absolute Gasteiger partial charge is 0.276 e. The van der Waals surface area contributed by atoms with E-state index in [2.05, 4.69) is 11.4 Å². The lowest BCUT2D eigenvalue weighted by Crippen LogP contribution is -2.37. The van der Waals surface area contributed by atoms with E-state index >= 15 is 0 Å². The van der Waals surface area contributed by atoms with Crippen LogP contribution in [-0.4, -0.2) is 18.0 Å². The van der Waals surface area contributed by atoms with Crippen molar-refractivity contribution in [2.24, 2.45) is 0 Å². The largest absolute Gasteiger partial charge is 0.317 e. The van der Waals surface area contributed by atoms with Crippen molar-refractivity contribution in [3.63, 3.8) is 0 Å². The maximum Gasteiger partial charge on any atom is 0.276 e. The van der Waals surface area contributed by atoms with E-state index in [1.165, 1.54) is 0 Å². The van der Waals surface area contributed by atoms with Gasteiger partial charge in [-0.25, -0.2) is 0 Å². The Morgan fingerprint density at radius 3 is 2.76 bits per heavy atom. The predicted octanol–water partition coefficient (Wildman–Crippen LogP) is 2.24. The quantitative estimate of drug-likeness (QED) is 0.594. The van der Waals surface area contributed by atoms with Gasteiger partial charge >= 0.3 is 0 Å². The van der Waals surface area contributed by atoms with E-state index in [1.807, 2.05) is 12.1 Å². The number of hydrogen-bond donors (Lipinski definition) is 1. The fourth-order valence-electron chi connectivity index (χ4n) is 2.96. The van der Waals surface area contributed by atoms with Gasteiger partial charge in [-0.05, 0) is 31.5 Å². The third-order valence-electron chi connectivity index (χ3n) is 3.88. The molecule has 17 heavy (non-hydrogen) atoms. The highest BCUT2D eigenvalue weighted by molar-refractivity contribution is 5.72. The highest BCUT2D eigenvalue weighted by Crippen LogP contribution is 2.45. The molecule has 1 N–H and O–H groups in total. The van der Waals surface area contributed by atoms with Crippen molar-refractivity contribution in [2.45, 2.75) is 18.3 Å². The lowest BCUT2D eigenvalue weighted by molar-refractivity contribution is -0.385. The van der Waals surface area contributed by atoms with Crippen LogP contribution < -0.4 is 5.32 Å². The molecule has 0 unspecified atom stereocenters. The molecule has 1 aliphatic carbocycles. The Labute approximate surface area is 99.5 Å². The van der Waals surface area contributed by atoms with Crippen LogP contribution in [0.2, 0.25) is 0 Å².